The highest BCUT2D eigenvalue weighted by Crippen LogP contribution is 2.75. The lowest BCUT2D eigenvalue weighted by Crippen LogP contribution is -2.80. The normalized spacial score (nSPS) is 42.2. The molecule has 1 amide bonds. The van der Waals surface area contributed by atoms with E-state index in [-0.39, 0.29) is 22.9 Å². The topological polar surface area (TPSA) is 85.0 Å². The molecular formula is C27H34N2O4. The Morgan fingerprint density at radius 1 is 1.33 bits per heavy atom. The van der Waals surface area contributed by atoms with Gasteiger partial charge in [-0.05, 0) is 70.0 Å². The second-order valence-electron chi connectivity index (χ2n) is 12.1. The lowest BCUT2D eigenvalue weighted by Gasteiger charge is -2.72. The van der Waals surface area contributed by atoms with Crippen LogP contribution in [0.25, 0.3) is 0 Å². The average Bonchev–Trinajstić information content (AvgIpc) is 3.51. The highest BCUT2D eigenvalue weighted by Gasteiger charge is 2.80. The molecule has 1 aromatic rings. The van der Waals surface area contributed by atoms with E-state index in [4.69, 9.17) is 15.2 Å². The van der Waals surface area contributed by atoms with Gasteiger partial charge in [-0.25, -0.2) is 0 Å². The van der Waals surface area contributed by atoms with Crippen LogP contribution in [-0.2, 0) is 16.6 Å². The molecule has 7 aliphatic rings. The molecule has 3 fully saturated rings. The Labute approximate surface area is 195 Å². The Morgan fingerprint density at radius 3 is 2.79 bits per heavy atom. The minimum atomic E-state index is -0.935. The Kier molecular flexibility index (Phi) is 3.74. The van der Waals surface area contributed by atoms with Crippen molar-refractivity contribution in [1.29, 1.82) is 0 Å². The van der Waals surface area contributed by atoms with E-state index in [1.807, 2.05) is 19.9 Å². The molecule has 2 heterocycles. The van der Waals surface area contributed by atoms with E-state index in [0.29, 0.717) is 17.4 Å². The summed E-state index contributed by atoms with van der Waals surface area (Å²) in [6.45, 7) is 5.99. The van der Waals surface area contributed by atoms with E-state index in [1.54, 1.807) is 7.11 Å². The third-order valence-corrected chi connectivity index (χ3v) is 10.2. The molecule has 1 aromatic carbocycles. The van der Waals surface area contributed by atoms with Crippen LogP contribution in [0.3, 0.4) is 0 Å². The molecule has 2 saturated carbocycles. The van der Waals surface area contributed by atoms with Crippen molar-refractivity contribution >= 4 is 5.91 Å². The molecule has 176 valence electrons. The van der Waals surface area contributed by atoms with Crippen LogP contribution < -0.4 is 10.5 Å². The number of hydrogen-bond acceptors (Lipinski definition) is 5. The zero-order valence-electron chi connectivity index (χ0n) is 19.8. The summed E-state index contributed by atoms with van der Waals surface area (Å²) in [5, 5.41) is 11.4. The predicted molar refractivity (Wildman–Crippen MR) is 123 cm³/mol. The van der Waals surface area contributed by atoms with Crippen molar-refractivity contribution in [3.8, 4) is 5.75 Å². The first kappa shape index (κ1) is 20.5. The number of nitrogens with zero attached hydrogens (tertiary/aromatic N) is 1. The summed E-state index contributed by atoms with van der Waals surface area (Å²) < 4.78 is 13.2. The minimum Gasteiger partial charge on any atom is -0.485 e. The number of methoxy groups -OCH3 is 1. The van der Waals surface area contributed by atoms with Crippen molar-refractivity contribution in [2.75, 3.05) is 20.2 Å². The number of piperidine rings is 1. The molecule has 3 N–H and O–H groups in total. The number of likely N-dealkylation sites (tertiary alicyclic amines) is 1. The Morgan fingerprint density at radius 2 is 2.12 bits per heavy atom. The zero-order valence-corrected chi connectivity index (χ0v) is 19.8. The summed E-state index contributed by atoms with van der Waals surface area (Å²) >= 11 is 0. The van der Waals surface area contributed by atoms with Crippen LogP contribution in [0.2, 0.25) is 0 Å². The molecule has 5 aliphatic carbocycles. The zero-order chi connectivity index (χ0) is 23.0. The van der Waals surface area contributed by atoms with Crippen molar-refractivity contribution in [3.63, 3.8) is 0 Å². The van der Waals surface area contributed by atoms with E-state index in [0.717, 1.165) is 38.3 Å². The molecule has 4 bridgehead atoms. The monoisotopic (exact) mass is 450 g/mol. The van der Waals surface area contributed by atoms with E-state index in [2.05, 4.69) is 23.1 Å². The maximum atomic E-state index is 12.4. The van der Waals surface area contributed by atoms with Gasteiger partial charge in [0.1, 0.15) is 17.5 Å². The molecule has 6 heteroatoms. The van der Waals surface area contributed by atoms with Crippen LogP contribution in [0.5, 0.6) is 5.75 Å². The molecule has 2 spiro atoms. The van der Waals surface area contributed by atoms with Gasteiger partial charge in [0, 0.05) is 36.6 Å². The van der Waals surface area contributed by atoms with E-state index >= 15 is 0 Å². The number of primary amides is 1. The Hall–Kier alpha value is -1.89. The van der Waals surface area contributed by atoms with Gasteiger partial charge >= 0.3 is 0 Å². The maximum Gasteiger partial charge on any atom is 0.252 e. The van der Waals surface area contributed by atoms with Crippen LogP contribution >= 0.6 is 0 Å². The third kappa shape index (κ3) is 2.20. The first-order valence-corrected chi connectivity index (χ1v) is 12.5. The largest absolute Gasteiger partial charge is 0.485 e. The summed E-state index contributed by atoms with van der Waals surface area (Å²) in [7, 11) is 1.74. The summed E-state index contributed by atoms with van der Waals surface area (Å²) in [6.07, 6.45) is 9.78. The van der Waals surface area contributed by atoms with Crippen molar-refractivity contribution in [2.45, 2.75) is 74.7 Å². The van der Waals surface area contributed by atoms with E-state index in [1.165, 1.54) is 24.0 Å². The maximum absolute atomic E-state index is 12.4. The smallest absolute Gasteiger partial charge is 0.252 e. The SMILES string of the molecule is CO[C@@]12C=C[C@@]3(C[C@@H]1C(C)(C)O)[C@H]1Cc4ccc(C(N)=O)c5c4[C@@]3(CCN1CC1CC1)C2O5. The van der Waals surface area contributed by atoms with Gasteiger partial charge in [0.2, 0.25) is 0 Å². The quantitative estimate of drug-likeness (QED) is 0.674. The number of rotatable bonds is 5. The first-order chi connectivity index (χ1) is 15.7. The number of fused-ring (bicyclic) bond motifs is 1. The fraction of sp³-hybridized carbons (Fsp3) is 0.667. The van der Waals surface area contributed by atoms with Crippen LogP contribution in [0.1, 0.15) is 61.0 Å². The van der Waals surface area contributed by atoms with Crippen molar-refractivity contribution in [1.82, 2.24) is 4.90 Å². The lowest BCUT2D eigenvalue weighted by atomic mass is 9.36. The molecule has 33 heavy (non-hydrogen) atoms. The fourth-order valence-corrected chi connectivity index (χ4v) is 8.79. The minimum absolute atomic E-state index is 0.116. The molecule has 2 aliphatic heterocycles. The molecule has 1 saturated heterocycles. The van der Waals surface area contributed by atoms with Gasteiger partial charge < -0.3 is 20.3 Å². The van der Waals surface area contributed by atoms with Crippen molar-refractivity contribution in [2.24, 2.45) is 23.0 Å². The van der Waals surface area contributed by atoms with Crippen molar-refractivity contribution < 1.29 is 19.4 Å². The highest BCUT2D eigenvalue weighted by molar-refractivity contribution is 5.97. The van der Waals surface area contributed by atoms with Gasteiger partial charge in [0.25, 0.3) is 5.91 Å². The van der Waals surface area contributed by atoms with Gasteiger partial charge in [-0.15, -0.1) is 0 Å². The summed E-state index contributed by atoms with van der Waals surface area (Å²) in [4.78, 5) is 15.2. The summed E-state index contributed by atoms with van der Waals surface area (Å²) in [5.41, 5.74) is 6.66. The van der Waals surface area contributed by atoms with Gasteiger partial charge in [0.05, 0.1) is 16.6 Å². The van der Waals surface area contributed by atoms with Crippen LogP contribution in [0.4, 0.5) is 0 Å². The van der Waals surface area contributed by atoms with Crippen LogP contribution in [-0.4, -0.2) is 59.5 Å². The molecule has 6 atom stereocenters. The Balaban J connectivity index is 1.51. The number of carbonyl (C=O) groups excluding carboxylic acids is 1. The van der Waals surface area contributed by atoms with Gasteiger partial charge in [-0.2, -0.15) is 0 Å². The molecule has 6 nitrogen and oxygen atoms in total. The van der Waals surface area contributed by atoms with Crippen molar-refractivity contribution in [3.05, 3.63) is 41.0 Å². The van der Waals surface area contributed by atoms with E-state index < -0.39 is 17.1 Å². The number of carbonyl (C=O) groups is 1. The number of benzene rings is 1. The second kappa shape index (κ2) is 6.02. The standard InChI is InChI=1S/C27H34N2O4/c1-24(2,31)18-13-25-8-9-27(18,32-3)23-26(25)10-11-29(14-15-4-5-15)19(25)12-16-6-7-17(22(28)30)21(33-23)20(16)26/h6-9,15,18-19,23,31H,4-5,10-14H2,1-3H3,(H2,28,30)/t18-,19-,23?,25-,26+,27+/m1/s1. The Bertz CT molecular complexity index is 1100. The number of ether oxygens (including phenoxy) is 2. The summed E-state index contributed by atoms with van der Waals surface area (Å²) in [5.74, 6) is 0.926. The molecule has 1 unspecified atom stereocenters. The lowest BCUT2D eigenvalue weighted by molar-refractivity contribution is -0.245. The fourth-order valence-electron chi connectivity index (χ4n) is 8.79. The van der Waals surface area contributed by atoms with E-state index in [9.17, 15) is 9.90 Å². The predicted octanol–water partition coefficient (Wildman–Crippen LogP) is 2.56. The number of hydrogen-bond donors (Lipinski definition) is 2. The molecular weight excluding hydrogens is 416 g/mol. The molecule has 0 aromatic heterocycles. The number of amides is 1. The number of nitrogens with two attached hydrogens (primary N) is 1. The first-order valence-electron chi connectivity index (χ1n) is 12.5. The van der Waals surface area contributed by atoms with Crippen LogP contribution in [0.15, 0.2) is 24.3 Å². The van der Waals surface area contributed by atoms with Gasteiger partial charge in [-0.3, -0.25) is 9.69 Å². The van der Waals surface area contributed by atoms with Crippen LogP contribution in [0, 0.1) is 17.3 Å². The summed E-state index contributed by atoms with van der Waals surface area (Å²) in [6, 6.07) is 4.32. The second-order valence-corrected chi connectivity index (χ2v) is 12.1. The molecule has 8 rings (SSSR count). The average molecular weight is 451 g/mol. The number of aliphatic hydroxyl groups is 1. The highest BCUT2D eigenvalue weighted by atomic mass is 16.6. The van der Waals surface area contributed by atoms with Gasteiger partial charge in [-0.1, -0.05) is 18.2 Å². The third-order valence-electron chi connectivity index (χ3n) is 10.2. The molecule has 0 radical (unpaired) electrons. The van der Waals surface area contributed by atoms with Gasteiger partial charge in [0.15, 0.2) is 0 Å².